The third kappa shape index (κ3) is 3.79. The Labute approximate surface area is 118 Å². The van der Waals surface area contributed by atoms with Crippen LogP contribution in [0.4, 0.5) is 19.1 Å². The van der Waals surface area contributed by atoms with E-state index in [0.717, 1.165) is 12.4 Å². The van der Waals surface area contributed by atoms with Crippen LogP contribution in [-0.4, -0.2) is 53.6 Å². The molecule has 0 radical (unpaired) electrons. The SMILES string of the molecule is NOCC(=O)N1CCN(c2ncc(C(F)(F)F)cn2)CC1. The zero-order chi connectivity index (χ0) is 15.5. The number of aromatic nitrogens is 2. The van der Waals surface area contributed by atoms with Crippen molar-refractivity contribution in [3.63, 3.8) is 0 Å². The van der Waals surface area contributed by atoms with E-state index in [1.807, 2.05) is 0 Å². The maximum absolute atomic E-state index is 12.4. The first-order valence-corrected chi connectivity index (χ1v) is 6.15. The predicted octanol–water partition coefficient (Wildman–Crippen LogP) is 0.0343. The largest absolute Gasteiger partial charge is 0.419 e. The molecule has 1 aromatic rings. The Morgan fingerprint density at radius 1 is 1.24 bits per heavy atom. The van der Waals surface area contributed by atoms with Crippen molar-refractivity contribution in [1.82, 2.24) is 14.9 Å². The lowest BCUT2D eigenvalue weighted by atomic mass is 10.3. The van der Waals surface area contributed by atoms with Gasteiger partial charge in [-0.25, -0.2) is 15.9 Å². The van der Waals surface area contributed by atoms with Crippen LogP contribution in [0.2, 0.25) is 0 Å². The molecule has 0 bridgehead atoms. The number of hydrogen-bond acceptors (Lipinski definition) is 6. The summed E-state index contributed by atoms with van der Waals surface area (Å²) in [4.78, 5) is 26.5. The average molecular weight is 305 g/mol. The zero-order valence-electron chi connectivity index (χ0n) is 11.0. The van der Waals surface area contributed by atoms with E-state index in [4.69, 9.17) is 5.90 Å². The molecule has 0 saturated carbocycles. The van der Waals surface area contributed by atoms with Crippen molar-refractivity contribution in [2.24, 2.45) is 5.90 Å². The first kappa shape index (κ1) is 15.4. The molecule has 0 aliphatic carbocycles. The van der Waals surface area contributed by atoms with Gasteiger partial charge in [0.05, 0.1) is 5.56 Å². The van der Waals surface area contributed by atoms with Crippen LogP contribution in [0.1, 0.15) is 5.56 Å². The van der Waals surface area contributed by atoms with E-state index in [1.165, 1.54) is 0 Å². The summed E-state index contributed by atoms with van der Waals surface area (Å²) in [5, 5.41) is 0. The Morgan fingerprint density at radius 2 is 1.81 bits per heavy atom. The van der Waals surface area contributed by atoms with Gasteiger partial charge < -0.3 is 9.80 Å². The molecule has 0 spiro atoms. The molecule has 2 heterocycles. The van der Waals surface area contributed by atoms with Gasteiger partial charge in [-0.1, -0.05) is 0 Å². The van der Waals surface area contributed by atoms with Crippen molar-refractivity contribution in [1.29, 1.82) is 0 Å². The molecule has 0 unspecified atom stereocenters. The van der Waals surface area contributed by atoms with E-state index >= 15 is 0 Å². The molecule has 116 valence electrons. The van der Waals surface area contributed by atoms with Crippen LogP contribution in [0.25, 0.3) is 0 Å². The lowest BCUT2D eigenvalue weighted by Gasteiger charge is -2.34. The molecule has 1 aromatic heterocycles. The van der Waals surface area contributed by atoms with Crippen LogP contribution in [-0.2, 0) is 15.8 Å². The van der Waals surface area contributed by atoms with E-state index < -0.39 is 11.7 Å². The number of halogens is 3. The first-order valence-electron chi connectivity index (χ1n) is 6.15. The van der Waals surface area contributed by atoms with Crippen molar-refractivity contribution in [3.8, 4) is 0 Å². The molecule has 7 nitrogen and oxygen atoms in total. The maximum atomic E-state index is 12.4. The number of hydrogen-bond donors (Lipinski definition) is 1. The van der Waals surface area contributed by atoms with Crippen LogP contribution in [0.3, 0.4) is 0 Å². The molecule has 2 rings (SSSR count). The van der Waals surface area contributed by atoms with Gasteiger partial charge >= 0.3 is 6.18 Å². The summed E-state index contributed by atoms with van der Waals surface area (Å²) in [6.45, 7) is 1.49. The highest BCUT2D eigenvalue weighted by Crippen LogP contribution is 2.28. The van der Waals surface area contributed by atoms with E-state index in [0.29, 0.717) is 26.2 Å². The fourth-order valence-electron chi connectivity index (χ4n) is 1.95. The Kier molecular flexibility index (Phi) is 4.58. The Balaban J connectivity index is 1.95. The number of carbonyl (C=O) groups excluding carboxylic acids is 1. The lowest BCUT2D eigenvalue weighted by Crippen LogP contribution is -2.50. The Morgan fingerprint density at radius 3 is 2.29 bits per heavy atom. The van der Waals surface area contributed by atoms with Gasteiger partial charge in [0.15, 0.2) is 0 Å². The standard InChI is InChI=1S/C11H14F3N5O2/c12-11(13,14)8-5-16-10(17-6-8)19-3-1-18(2-4-19)9(20)7-21-15/h5-6H,1-4,7,15H2. The fourth-order valence-corrected chi connectivity index (χ4v) is 1.95. The third-order valence-electron chi connectivity index (χ3n) is 3.09. The monoisotopic (exact) mass is 305 g/mol. The molecule has 0 aromatic carbocycles. The summed E-state index contributed by atoms with van der Waals surface area (Å²) in [5.41, 5.74) is -0.889. The minimum absolute atomic E-state index is 0.198. The fraction of sp³-hybridized carbons (Fsp3) is 0.545. The highest BCUT2D eigenvalue weighted by atomic mass is 19.4. The van der Waals surface area contributed by atoms with Crippen LogP contribution in [0, 0.1) is 0 Å². The number of anilines is 1. The number of alkyl halides is 3. The van der Waals surface area contributed by atoms with Gasteiger partial charge in [0, 0.05) is 38.6 Å². The summed E-state index contributed by atoms with van der Waals surface area (Å²) in [7, 11) is 0. The van der Waals surface area contributed by atoms with Gasteiger partial charge in [-0.2, -0.15) is 13.2 Å². The van der Waals surface area contributed by atoms with Gasteiger partial charge in [-0.3, -0.25) is 9.63 Å². The smallest absolute Gasteiger partial charge is 0.337 e. The maximum Gasteiger partial charge on any atom is 0.419 e. The van der Waals surface area contributed by atoms with Crippen molar-refractivity contribution < 1.29 is 22.8 Å². The summed E-state index contributed by atoms with van der Waals surface area (Å²) >= 11 is 0. The Hall–Kier alpha value is -1.94. The topological polar surface area (TPSA) is 84.6 Å². The number of carbonyl (C=O) groups is 1. The molecule has 1 saturated heterocycles. The van der Waals surface area contributed by atoms with E-state index in [9.17, 15) is 18.0 Å². The van der Waals surface area contributed by atoms with Crippen LogP contribution in [0.15, 0.2) is 12.4 Å². The second-order valence-electron chi connectivity index (χ2n) is 4.45. The quantitative estimate of drug-likeness (QED) is 0.793. The third-order valence-corrected chi connectivity index (χ3v) is 3.09. The van der Waals surface area contributed by atoms with E-state index in [-0.39, 0.29) is 18.5 Å². The second kappa shape index (κ2) is 6.22. The number of rotatable bonds is 3. The summed E-state index contributed by atoms with van der Waals surface area (Å²) < 4.78 is 37.2. The van der Waals surface area contributed by atoms with Gasteiger partial charge in [0.25, 0.3) is 5.91 Å². The molecule has 21 heavy (non-hydrogen) atoms. The predicted molar refractivity (Wildman–Crippen MR) is 66.0 cm³/mol. The van der Waals surface area contributed by atoms with Crippen LogP contribution in [0.5, 0.6) is 0 Å². The Bertz CT molecular complexity index is 486. The summed E-state index contributed by atoms with van der Waals surface area (Å²) in [6.07, 6.45) is -2.95. The number of amides is 1. The van der Waals surface area contributed by atoms with Crippen molar-refractivity contribution in [3.05, 3.63) is 18.0 Å². The minimum atomic E-state index is -4.45. The molecule has 0 atom stereocenters. The minimum Gasteiger partial charge on any atom is -0.337 e. The molecule has 10 heteroatoms. The second-order valence-corrected chi connectivity index (χ2v) is 4.45. The molecular weight excluding hydrogens is 291 g/mol. The first-order chi connectivity index (χ1) is 9.91. The van der Waals surface area contributed by atoms with Gasteiger partial charge in [-0.05, 0) is 0 Å². The number of piperazine rings is 1. The highest BCUT2D eigenvalue weighted by Gasteiger charge is 2.32. The van der Waals surface area contributed by atoms with E-state index in [2.05, 4.69) is 14.8 Å². The average Bonchev–Trinajstić information content (AvgIpc) is 2.47. The van der Waals surface area contributed by atoms with Crippen molar-refractivity contribution >= 4 is 11.9 Å². The molecular formula is C11H14F3N5O2. The van der Waals surface area contributed by atoms with Crippen molar-refractivity contribution in [2.75, 3.05) is 37.7 Å². The van der Waals surface area contributed by atoms with Gasteiger partial charge in [-0.15, -0.1) is 0 Å². The molecule has 1 fully saturated rings. The highest BCUT2D eigenvalue weighted by molar-refractivity contribution is 5.77. The van der Waals surface area contributed by atoms with E-state index in [1.54, 1.807) is 9.80 Å². The zero-order valence-corrected chi connectivity index (χ0v) is 11.0. The molecule has 1 aliphatic heterocycles. The van der Waals surface area contributed by atoms with Crippen LogP contribution < -0.4 is 10.8 Å². The van der Waals surface area contributed by atoms with Gasteiger partial charge in [0.1, 0.15) is 6.61 Å². The molecule has 1 amide bonds. The lowest BCUT2D eigenvalue weighted by molar-refractivity contribution is -0.138. The number of nitrogens with zero attached hydrogens (tertiary/aromatic N) is 4. The van der Waals surface area contributed by atoms with Crippen molar-refractivity contribution in [2.45, 2.75) is 6.18 Å². The summed E-state index contributed by atoms with van der Waals surface area (Å²) in [6, 6.07) is 0. The number of nitrogens with two attached hydrogens (primary N) is 1. The van der Waals surface area contributed by atoms with Gasteiger partial charge in [0.2, 0.25) is 5.95 Å². The summed E-state index contributed by atoms with van der Waals surface area (Å²) in [5.74, 6) is 4.82. The molecule has 2 N–H and O–H groups in total. The molecule has 1 aliphatic rings. The van der Waals surface area contributed by atoms with Crippen LogP contribution >= 0.6 is 0 Å². The normalized spacial score (nSPS) is 16.2.